The lowest BCUT2D eigenvalue weighted by molar-refractivity contribution is -0.162. The van der Waals surface area contributed by atoms with Crippen molar-refractivity contribution < 1.29 is 19.5 Å². The number of carbonyl (C=O) groups is 3. The summed E-state index contributed by atoms with van der Waals surface area (Å²) in [6.45, 7) is 0.201. The molecule has 6 heteroatoms. The van der Waals surface area contributed by atoms with Gasteiger partial charge in [-0.1, -0.05) is 6.42 Å². The zero-order chi connectivity index (χ0) is 13.2. The largest absolute Gasteiger partial charge is 0.480 e. The van der Waals surface area contributed by atoms with Crippen molar-refractivity contribution in [1.82, 2.24) is 10.6 Å². The molecule has 0 atom stereocenters. The molecule has 0 saturated heterocycles. The van der Waals surface area contributed by atoms with Crippen LogP contribution in [0.3, 0.4) is 0 Å². The molecule has 3 N–H and O–H groups in total. The van der Waals surface area contributed by atoms with E-state index in [2.05, 4.69) is 10.6 Å². The number of carbonyl (C=O) groups excluding carboxylic acids is 2. The highest BCUT2D eigenvalue weighted by atomic mass is 16.4. The van der Waals surface area contributed by atoms with Crippen LogP contribution >= 0.6 is 0 Å². The summed E-state index contributed by atoms with van der Waals surface area (Å²) >= 11 is 0. The Morgan fingerprint density at radius 2 is 1.89 bits per heavy atom. The molecule has 2 rings (SSSR count). The number of carboxylic acids is 1. The van der Waals surface area contributed by atoms with Gasteiger partial charge < -0.3 is 15.7 Å². The van der Waals surface area contributed by atoms with Crippen LogP contribution in [0.1, 0.15) is 38.5 Å². The maximum atomic E-state index is 11.8. The molecule has 0 aromatic carbocycles. The summed E-state index contributed by atoms with van der Waals surface area (Å²) in [5, 5.41) is 14.4. The molecule has 2 amide bonds. The zero-order valence-corrected chi connectivity index (χ0v) is 10.2. The summed E-state index contributed by atoms with van der Waals surface area (Å²) in [6, 6.07) is 0.310. The Morgan fingerprint density at radius 3 is 2.33 bits per heavy atom. The van der Waals surface area contributed by atoms with Crippen LogP contribution in [0.15, 0.2) is 0 Å². The van der Waals surface area contributed by atoms with Crippen LogP contribution in [0.5, 0.6) is 0 Å². The van der Waals surface area contributed by atoms with Crippen LogP contribution in [-0.4, -0.2) is 35.5 Å². The number of hydrogen-bond acceptors (Lipinski definition) is 3. The van der Waals surface area contributed by atoms with Gasteiger partial charge in [0.1, 0.15) is 5.41 Å². The summed E-state index contributed by atoms with van der Waals surface area (Å²) in [5.74, 6) is -1.61. The van der Waals surface area contributed by atoms with Crippen LogP contribution in [0.4, 0.5) is 0 Å². The molecule has 18 heavy (non-hydrogen) atoms. The lowest BCUT2D eigenvalue weighted by atomic mass is 9.68. The average Bonchev–Trinajstić information content (AvgIpc) is 2.98. The maximum Gasteiger partial charge on any atom is 0.319 e. The van der Waals surface area contributed by atoms with Gasteiger partial charge in [-0.25, -0.2) is 0 Å². The molecular weight excluding hydrogens is 236 g/mol. The van der Waals surface area contributed by atoms with Crippen molar-refractivity contribution in [2.45, 2.75) is 44.6 Å². The van der Waals surface area contributed by atoms with Gasteiger partial charge in [-0.15, -0.1) is 0 Å². The Morgan fingerprint density at radius 1 is 1.22 bits per heavy atom. The Hall–Kier alpha value is -1.59. The van der Waals surface area contributed by atoms with E-state index in [0.717, 1.165) is 19.3 Å². The molecule has 0 heterocycles. The molecular formula is C12H18N2O4. The smallest absolute Gasteiger partial charge is 0.319 e. The quantitative estimate of drug-likeness (QED) is 0.582. The van der Waals surface area contributed by atoms with Gasteiger partial charge in [0.25, 0.3) is 0 Å². The second-order valence-corrected chi connectivity index (χ2v) is 5.09. The minimum atomic E-state index is -1.24. The van der Waals surface area contributed by atoms with Crippen molar-refractivity contribution in [3.8, 4) is 0 Å². The van der Waals surface area contributed by atoms with Crippen molar-refractivity contribution in [1.29, 1.82) is 0 Å². The van der Waals surface area contributed by atoms with Crippen LogP contribution < -0.4 is 10.6 Å². The Kier molecular flexibility index (Phi) is 3.54. The van der Waals surface area contributed by atoms with Crippen molar-refractivity contribution in [3.05, 3.63) is 0 Å². The second-order valence-electron chi connectivity index (χ2n) is 5.09. The molecule has 2 saturated carbocycles. The van der Waals surface area contributed by atoms with Gasteiger partial charge in [0, 0.05) is 19.0 Å². The fourth-order valence-corrected chi connectivity index (χ4v) is 2.05. The predicted molar refractivity (Wildman–Crippen MR) is 62.7 cm³/mol. The number of carboxylic acid groups (broad SMARTS) is 1. The van der Waals surface area contributed by atoms with Gasteiger partial charge in [-0.3, -0.25) is 14.4 Å². The molecule has 0 radical (unpaired) electrons. The van der Waals surface area contributed by atoms with Gasteiger partial charge in [0.15, 0.2) is 0 Å². The van der Waals surface area contributed by atoms with Crippen molar-refractivity contribution in [2.75, 3.05) is 6.54 Å². The minimum absolute atomic E-state index is 0.0872. The van der Waals surface area contributed by atoms with Crippen LogP contribution in [-0.2, 0) is 14.4 Å². The molecule has 2 fully saturated rings. The van der Waals surface area contributed by atoms with Gasteiger partial charge in [-0.05, 0) is 25.7 Å². The third-order valence-corrected chi connectivity index (χ3v) is 3.63. The molecule has 0 aliphatic heterocycles. The van der Waals surface area contributed by atoms with Crippen molar-refractivity contribution >= 4 is 17.8 Å². The molecule has 2 aliphatic carbocycles. The third kappa shape index (κ3) is 2.63. The number of aliphatic carboxylic acids is 1. The van der Waals surface area contributed by atoms with E-state index in [1.165, 1.54) is 0 Å². The summed E-state index contributed by atoms with van der Waals surface area (Å²) < 4.78 is 0. The first kappa shape index (κ1) is 12.9. The van der Waals surface area contributed by atoms with Crippen LogP contribution in [0, 0.1) is 5.41 Å². The molecule has 0 aromatic rings. The Balaban J connectivity index is 1.70. The first-order valence-electron chi connectivity index (χ1n) is 6.36. The zero-order valence-electron chi connectivity index (χ0n) is 10.2. The van der Waals surface area contributed by atoms with Crippen LogP contribution in [0.25, 0.3) is 0 Å². The minimum Gasteiger partial charge on any atom is -0.480 e. The third-order valence-electron chi connectivity index (χ3n) is 3.63. The van der Waals surface area contributed by atoms with E-state index < -0.39 is 17.3 Å². The molecule has 0 aromatic heterocycles. The first-order chi connectivity index (χ1) is 8.54. The van der Waals surface area contributed by atoms with Crippen molar-refractivity contribution in [2.24, 2.45) is 5.41 Å². The number of nitrogens with one attached hydrogen (secondary N) is 2. The van der Waals surface area contributed by atoms with E-state index in [9.17, 15) is 14.4 Å². The molecule has 6 nitrogen and oxygen atoms in total. The average molecular weight is 254 g/mol. The monoisotopic (exact) mass is 254 g/mol. The summed E-state index contributed by atoms with van der Waals surface area (Å²) in [7, 11) is 0. The predicted octanol–water partition coefficient (Wildman–Crippen LogP) is 0.0262. The Labute approximate surface area is 105 Å². The van der Waals surface area contributed by atoms with E-state index in [0.29, 0.717) is 18.9 Å². The highest BCUT2D eigenvalue weighted by Gasteiger charge is 2.50. The van der Waals surface area contributed by atoms with E-state index in [-0.39, 0.29) is 18.9 Å². The van der Waals surface area contributed by atoms with Crippen molar-refractivity contribution in [3.63, 3.8) is 0 Å². The van der Waals surface area contributed by atoms with E-state index >= 15 is 0 Å². The number of hydrogen-bond donors (Lipinski definition) is 3. The highest BCUT2D eigenvalue weighted by Crippen LogP contribution is 2.41. The second kappa shape index (κ2) is 4.96. The van der Waals surface area contributed by atoms with Crippen LogP contribution in [0.2, 0.25) is 0 Å². The fraction of sp³-hybridized carbons (Fsp3) is 0.750. The molecule has 0 bridgehead atoms. The standard InChI is InChI=1S/C12H18N2O4/c15-9(14-8-2-3-8)4-7-13-10(16)12(11(17)18)5-1-6-12/h8H,1-7H2,(H,13,16)(H,14,15)(H,17,18). The van der Waals surface area contributed by atoms with E-state index in [4.69, 9.17) is 5.11 Å². The molecule has 100 valence electrons. The fourth-order valence-electron chi connectivity index (χ4n) is 2.05. The summed E-state index contributed by atoms with van der Waals surface area (Å²) in [4.78, 5) is 34.2. The lowest BCUT2D eigenvalue weighted by Crippen LogP contribution is -2.51. The first-order valence-corrected chi connectivity index (χ1v) is 6.36. The highest BCUT2D eigenvalue weighted by molar-refractivity contribution is 6.02. The normalized spacial score (nSPS) is 20.7. The van der Waals surface area contributed by atoms with Gasteiger partial charge in [0.2, 0.25) is 11.8 Å². The summed E-state index contributed by atoms with van der Waals surface area (Å²) in [6.07, 6.45) is 3.81. The van der Waals surface area contributed by atoms with E-state index in [1.54, 1.807) is 0 Å². The van der Waals surface area contributed by atoms with Gasteiger partial charge in [0.05, 0.1) is 0 Å². The molecule has 2 aliphatic rings. The maximum absolute atomic E-state index is 11.8. The van der Waals surface area contributed by atoms with Gasteiger partial charge >= 0.3 is 5.97 Å². The molecule has 0 unspecified atom stereocenters. The van der Waals surface area contributed by atoms with E-state index in [1.807, 2.05) is 0 Å². The topological polar surface area (TPSA) is 95.5 Å². The Bertz CT molecular complexity index is 372. The molecule has 0 spiro atoms. The summed E-state index contributed by atoms with van der Waals surface area (Å²) in [5.41, 5.74) is -1.24. The lowest BCUT2D eigenvalue weighted by Gasteiger charge is -2.35. The van der Waals surface area contributed by atoms with Gasteiger partial charge in [-0.2, -0.15) is 0 Å². The number of rotatable bonds is 6. The SMILES string of the molecule is O=C(CCNC(=O)C1(C(=O)O)CCC1)NC1CC1. The number of amides is 2.